The molecule has 0 saturated carbocycles. The van der Waals surface area contributed by atoms with Crippen LogP contribution in [0.3, 0.4) is 0 Å². The zero-order chi connectivity index (χ0) is 12.2. The fourth-order valence-electron chi connectivity index (χ4n) is 1.09. The maximum Gasteiger partial charge on any atom is 0.288 e. The minimum Gasteiger partial charge on any atom is -0.387 e. The number of carbonyl (C=O) groups excluding carboxylic acids is 1. The minimum atomic E-state index is -0.944. The first kappa shape index (κ1) is 12.8. The van der Waals surface area contributed by atoms with E-state index in [0.29, 0.717) is 5.75 Å². The van der Waals surface area contributed by atoms with Gasteiger partial charge in [-0.1, -0.05) is 0 Å². The van der Waals surface area contributed by atoms with Crippen molar-refractivity contribution in [3.63, 3.8) is 0 Å². The van der Waals surface area contributed by atoms with Crippen molar-refractivity contribution in [3.8, 4) is 0 Å². The largest absolute Gasteiger partial charge is 0.387 e. The number of thioether (sulfide) groups is 1. The molecule has 1 amide bonds. The van der Waals surface area contributed by atoms with Crippen molar-refractivity contribution in [2.45, 2.75) is 12.5 Å². The molecule has 1 aromatic heterocycles. The number of nitrogens with two attached hydrogens (primary N) is 1. The van der Waals surface area contributed by atoms with Crippen LogP contribution in [0, 0.1) is 0 Å². The van der Waals surface area contributed by atoms with Crippen molar-refractivity contribution in [1.82, 2.24) is 20.5 Å². The molecule has 0 aliphatic carbocycles. The lowest BCUT2D eigenvalue weighted by Crippen LogP contribution is -2.42. The molecule has 0 aliphatic heterocycles. The number of hydrogen-bond acceptors (Lipinski definition) is 6. The van der Waals surface area contributed by atoms with Crippen molar-refractivity contribution < 1.29 is 9.90 Å². The van der Waals surface area contributed by atoms with Crippen LogP contribution in [-0.2, 0) is 0 Å². The summed E-state index contributed by atoms with van der Waals surface area (Å²) in [5, 5.41) is 18.3. The van der Waals surface area contributed by atoms with Gasteiger partial charge in [-0.25, -0.2) is 0 Å². The van der Waals surface area contributed by atoms with Gasteiger partial charge in [0.2, 0.25) is 11.8 Å². The van der Waals surface area contributed by atoms with Crippen LogP contribution in [0.4, 0.5) is 5.95 Å². The van der Waals surface area contributed by atoms with Gasteiger partial charge in [0, 0.05) is 12.3 Å². The second-order valence-electron chi connectivity index (χ2n) is 3.65. The van der Waals surface area contributed by atoms with E-state index >= 15 is 0 Å². The average molecular weight is 245 g/mol. The molecule has 5 N–H and O–H groups in total. The van der Waals surface area contributed by atoms with Crippen LogP contribution in [-0.4, -0.2) is 50.3 Å². The molecule has 8 heteroatoms. The van der Waals surface area contributed by atoms with Gasteiger partial charge >= 0.3 is 0 Å². The SMILES string of the molecule is CSCC(C)(O)CNC(=O)c1nc(N)n[nH]1. The van der Waals surface area contributed by atoms with Crippen LogP contribution < -0.4 is 11.1 Å². The molecule has 1 rings (SSSR count). The van der Waals surface area contributed by atoms with Crippen LogP contribution in [0.5, 0.6) is 0 Å². The Balaban J connectivity index is 2.47. The maximum absolute atomic E-state index is 11.5. The minimum absolute atomic E-state index is 0.0148. The highest BCUT2D eigenvalue weighted by molar-refractivity contribution is 7.98. The van der Waals surface area contributed by atoms with Crippen LogP contribution >= 0.6 is 11.8 Å². The molecule has 1 atom stereocenters. The standard InChI is InChI=1S/C8H15N5O2S/c1-8(15,4-16-2)3-10-6(14)5-11-7(9)13-12-5/h15H,3-4H2,1-2H3,(H,10,14)(H3,9,11,12,13). The molecule has 0 fully saturated rings. The van der Waals surface area contributed by atoms with Gasteiger partial charge in [0.15, 0.2) is 0 Å². The Hall–Kier alpha value is -1.28. The lowest BCUT2D eigenvalue weighted by Gasteiger charge is -2.21. The summed E-state index contributed by atoms with van der Waals surface area (Å²) in [4.78, 5) is 15.2. The smallest absolute Gasteiger partial charge is 0.288 e. The Morgan fingerprint density at radius 2 is 2.44 bits per heavy atom. The van der Waals surface area contributed by atoms with Crippen LogP contribution in [0.2, 0.25) is 0 Å². The lowest BCUT2D eigenvalue weighted by molar-refractivity contribution is 0.0719. The van der Waals surface area contributed by atoms with Crippen LogP contribution in [0.25, 0.3) is 0 Å². The predicted octanol–water partition coefficient (Wildman–Crippen LogP) is -0.769. The molecular formula is C8H15N5O2S. The number of aromatic amines is 1. The fourth-order valence-corrected chi connectivity index (χ4v) is 1.82. The van der Waals surface area contributed by atoms with Gasteiger partial charge in [0.1, 0.15) is 0 Å². The van der Waals surface area contributed by atoms with Crippen molar-refractivity contribution in [2.75, 3.05) is 24.3 Å². The van der Waals surface area contributed by atoms with Crippen molar-refractivity contribution >= 4 is 23.6 Å². The number of H-pyrrole nitrogens is 1. The third-order valence-corrected chi connectivity index (χ3v) is 2.71. The van der Waals surface area contributed by atoms with Gasteiger partial charge in [0.05, 0.1) is 5.60 Å². The number of nitrogens with one attached hydrogen (secondary N) is 2. The first-order chi connectivity index (χ1) is 7.44. The molecule has 0 saturated heterocycles. The highest BCUT2D eigenvalue weighted by atomic mass is 32.2. The molecule has 16 heavy (non-hydrogen) atoms. The number of hydrogen-bond donors (Lipinski definition) is 4. The molecule has 90 valence electrons. The second kappa shape index (κ2) is 5.17. The van der Waals surface area contributed by atoms with E-state index in [1.807, 2.05) is 6.26 Å². The number of aromatic nitrogens is 3. The molecule has 0 aromatic carbocycles. The van der Waals surface area contributed by atoms with E-state index < -0.39 is 11.5 Å². The number of anilines is 1. The normalized spacial score (nSPS) is 14.4. The Labute approximate surface area is 97.2 Å². The summed E-state index contributed by atoms with van der Waals surface area (Å²) in [6.07, 6.45) is 1.88. The van der Waals surface area contributed by atoms with Crippen molar-refractivity contribution in [3.05, 3.63) is 5.82 Å². The third-order valence-electron chi connectivity index (χ3n) is 1.80. The van der Waals surface area contributed by atoms with E-state index in [4.69, 9.17) is 5.73 Å². The maximum atomic E-state index is 11.5. The van der Waals surface area contributed by atoms with E-state index in [-0.39, 0.29) is 18.3 Å². The number of aliphatic hydroxyl groups is 1. The topological polar surface area (TPSA) is 117 Å². The van der Waals surface area contributed by atoms with Gasteiger partial charge in [0.25, 0.3) is 5.91 Å². The Morgan fingerprint density at radius 3 is 2.94 bits per heavy atom. The van der Waals surface area contributed by atoms with E-state index in [9.17, 15) is 9.90 Å². The summed E-state index contributed by atoms with van der Waals surface area (Å²) >= 11 is 1.50. The Kier molecular flexibility index (Phi) is 4.13. The fraction of sp³-hybridized carbons (Fsp3) is 0.625. The molecule has 1 unspecified atom stereocenters. The van der Waals surface area contributed by atoms with Crippen molar-refractivity contribution in [2.24, 2.45) is 0 Å². The summed E-state index contributed by atoms with van der Waals surface area (Å²) in [6, 6.07) is 0. The summed E-state index contributed by atoms with van der Waals surface area (Å²) in [5.41, 5.74) is 4.32. The summed E-state index contributed by atoms with van der Waals surface area (Å²) < 4.78 is 0. The number of nitrogens with zero attached hydrogens (tertiary/aromatic N) is 2. The molecule has 0 aliphatic rings. The molecule has 0 radical (unpaired) electrons. The lowest BCUT2D eigenvalue weighted by atomic mass is 10.1. The zero-order valence-electron chi connectivity index (χ0n) is 9.15. The Morgan fingerprint density at radius 1 is 1.75 bits per heavy atom. The van der Waals surface area contributed by atoms with Crippen LogP contribution in [0.1, 0.15) is 17.5 Å². The number of carbonyl (C=O) groups is 1. The van der Waals surface area contributed by atoms with E-state index in [1.165, 1.54) is 11.8 Å². The molecular weight excluding hydrogens is 230 g/mol. The predicted molar refractivity (Wildman–Crippen MR) is 62.1 cm³/mol. The molecule has 1 aromatic rings. The highest BCUT2D eigenvalue weighted by Crippen LogP contribution is 2.09. The first-order valence-electron chi connectivity index (χ1n) is 4.62. The zero-order valence-corrected chi connectivity index (χ0v) is 9.97. The van der Waals surface area contributed by atoms with Gasteiger partial charge in [-0.05, 0) is 13.2 Å². The molecule has 0 bridgehead atoms. The molecule has 7 nitrogen and oxygen atoms in total. The monoisotopic (exact) mass is 245 g/mol. The summed E-state index contributed by atoms with van der Waals surface area (Å²) in [7, 11) is 0. The summed E-state index contributed by atoms with van der Waals surface area (Å²) in [5.74, 6) is 0.148. The van der Waals surface area contributed by atoms with E-state index in [2.05, 4.69) is 20.5 Å². The van der Waals surface area contributed by atoms with Gasteiger partial charge in [-0.15, -0.1) is 5.10 Å². The third kappa shape index (κ3) is 3.70. The Bertz CT molecular complexity index is 365. The highest BCUT2D eigenvalue weighted by Gasteiger charge is 2.21. The van der Waals surface area contributed by atoms with E-state index in [1.54, 1.807) is 6.92 Å². The number of nitrogen functional groups attached to an aromatic ring is 1. The van der Waals surface area contributed by atoms with E-state index in [0.717, 1.165) is 0 Å². The molecule has 0 spiro atoms. The average Bonchev–Trinajstić information content (AvgIpc) is 2.61. The summed E-state index contributed by atoms with van der Waals surface area (Å²) in [6.45, 7) is 1.80. The van der Waals surface area contributed by atoms with Gasteiger partial charge < -0.3 is 16.2 Å². The number of amides is 1. The number of rotatable bonds is 5. The van der Waals surface area contributed by atoms with Crippen molar-refractivity contribution in [1.29, 1.82) is 0 Å². The van der Waals surface area contributed by atoms with Gasteiger partial charge in [-0.3, -0.25) is 9.89 Å². The quantitative estimate of drug-likeness (QED) is 0.541. The van der Waals surface area contributed by atoms with Gasteiger partial charge in [-0.2, -0.15) is 16.7 Å². The first-order valence-corrected chi connectivity index (χ1v) is 6.01. The van der Waals surface area contributed by atoms with Crippen LogP contribution in [0.15, 0.2) is 0 Å². The molecule has 1 heterocycles. The second-order valence-corrected chi connectivity index (χ2v) is 4.52.